The van der Waals surface area contributed by atoms with Crippen LogP contribution in [0.15, 0.2) is 103 Å². The zero-order chi connectivity index (χ0) is 23.2. The van der Waals surface area contributed by atoms with Gasteiger partial charge in [0.2, 0.25) is 0 Å². The van der Waals surface area contributed by atoms with E-state index in [0.29, 0.717) is 0 Å². The average Bonchev–Trinajstić information content (AvgIpc) is 2.78. The van der Waals surface area contributed by atoms with Crippen molar-refractivity contribution in [3.8, 4) is 0 Å². The van der Waals surface area contributed by atoms with Crippen molar-refractivity contribution in [2.24, 2.45) is 0 Å². The van der Waals surface area contributed by atoms with Gasteiger partial charge in [0.25, 0.3) is 0 Å². The van der Waals surface area contributed by atoms with E-state index in [1.165, 1.54) is 10.8 Å². The van der Waals surface area contributed by atoms with Crippen LogP contribution in [0, 0.1) is 0 Å². The summed E-state index contributed by atoms with van der Waals surface area (Å²) in [7, 11) is -5.84. The third kappa shape index (κ3) is 5.77. The van der Waals surface area contributed by atoms with Crippen LogP contribution < -0.4 is 10.4 Å². The van der Waals surface area contributed by atoms with Crippen LogP contribution in [0.1, 0.15) is 0 Å². The molecule has 0 aromatic heterocycles. The number of hydrazine groups is 1. The molecule has 0 aliphatic rings. The summed E-state index contributed by atoms with van der Waals surface area (Å²) >= 11 is 0. The third-order valence-electron chi connectivity index (χ3n) is 4.34. The van der Waals surface area contributed by atoms with Gasteiger partial charge in [0.1, 0.15) is 0 Å². The molecule has 0 unspecified atom stereocenters. The number of hydrogen-bond acceptors (Lipinski definition) is 4. The Morgan fingerprint density at radius 2 is 1.12 bits per heavy atom. The molecule has 0 saturated carbocycles. The highest BCUT2D eigenvalue weighted by molar-refractivity contribution is 7.86. The van der Waals surface area contributed by atoms with Crippen LogP contribution >= 0.6 is 0 Å². The van der Waals surface area contributed by atoms with Gasteiger partial charge < -0.3 is 0 Å². The van der Waals surface area contributed by atoms with Gasteiger partial charge in [-0.1, -0.05) is 72.8 Å². The first-order valence-corrected chi connectivity index (χ1v) is 10.8. The molecule has 0 aliphatic heterocycles. The Kier molecular flexibility index (Phi) is 7.01. The summed E-state index contributed by atoms with van der Waals surface area (Å²) < 4.78 is 57.5. The summed E-state index contributed by atoms with van der Waals surface area (Å²) in [5.74, 6) is 0. The molecule has 0 bridgehead atoms. The van der Waals surface area contributed by atoms with E-state index in [-0.39, 0.29) is 0 Å². The van der Waals surface area contributed by atoms with Crippen molar-refractivity contribution in [1.82, 2.24) is 0 Å². The van der Waals surface area contributed by atoms with E-state index in [4.69, 9.17) is 13.0 Å². The van der Waals surface area contributed by atoms with Gasteiger partial charge in [0.05, 0.1) is 17.1 Å². The summed E-state index contributed by atoms with van der Waals surface area (Å²) in [6.45, 7) is 0. The second-order valence-corrected chi connectivity index (χ2v) is 7.98. The number of benzene rings is 4. The topological polar surface area (TPSA) is 69.6 Å². The predicted octanol–water partition coefficient (Wildman–Crippen LogP) is 6.40. The zero-order valence-electron chi connectivity index (χ0n) is 16.6. The van der Waals surface area contributed by atoms with E-state index in [1.807, 2.05) is 12.1 Å². The Morgan fingerprint density at radius 1 is 0.688 bits per heavy atom. The number of rotatable bonds is 4. The molecule has 0 amide bonds. The minimum absolute atomic E-state index is 1.08. The normalized spacial score (nSPS) is 11.4. The van der Waals surface area contributed by atoms with Crippen molar-refractivity contribution in [2.75, 3.05) is 10.4 Å². The molecule has 4 aromatic rings. The van der Waals surface area contributed by atoms with Gasteiger partial charge in [-0.05, 0) is 35.7 Å². The monoisotopic (exact) mass is 460 g/mol. The lowest BCUT2D eigenvalue weighted by Crippen LogP contribution is -2.24. The number of para-hydroxylation sites is 2. The van der Waals surface area contributed by atoms with Crippen molar-refractivity contribution in [1.29, 1.82) is 0 Å². The van der Waals surface area contributed by atoms with E-state index in [2.05, 4.69) is 101 Å². The molecule has 0 atom stereocenters. The fourth-order valence-corrected chi connectivity index (χ4v) is 2.88. The van der Waals surface area contributed by atoms with Gasteiger partial charge in [-0.25, -0.2) is 0 Å². The van der Waals surface area contributed by atoms with Crippen molar-refractivity contribution >= 4 is 38.0 Å². The second-order valence-electron chi connectivity index (χ2n) is 6.57. The zero-order valence-corrected chi connectivity index (χ0v) is 17.4. The highest BCUT2D eigenvalue weighted by Gasteiger charge is 2.44. The molecule has 0 heterocycles. The number of halogens is 3. The predicted molar refractivity (Wildman–Crippen MR) is 120 cm³/mol. The Morgan fingerprint density at radius 3 is 1.62 bits per heavy atom. The summed E-state index contributed by atoms with van der Waals surface area (Å²) in [5, 5.41) is 4.54. The van der Waals surface area contributed by atoms with Crippen molar-refractivity contribution in [3.63, 3.8) is 0 Å². The standard InChI is InChI=1S/C22H18N2.CHF3O3S/c1-3-12-19(13-4-1)24(20-14-5-2-6-15-20)23-22-17-9-11-18-10-7-8-16-21(18)22;2-1(3,4)8(5,6)7/h1-17,23H;(H,5,6,7). The molecule has 32 heavy (non-hydrogen) atoms. The van der Waals surface area contributed by atoms with Gasteiger partial charge in [-0.15, -0.1) is 0 Å². The largest absolute Gasteiger partial charge is 0.522 e. The Labute approximate surface area is 183 Å². The van der Waals surface area contributed by atoms with Gasteiger partial charge >= 0.3 is 15.6 Å². The molecular formula is C23H19F3N2O3S. The first-order valence-electron chi connectivity index (χ1n) is 9.35. The highest BCUT2D eigenvalue weighted by atomic mass is 32.2. The number of nitrogens with zero attached hydrogens (tertiary/aromatic N) is 1. The molecule has 4 rings (SSSR count). The highest BCUT2D eigenvalue weighted by Crippen LogP contribution is 2.29. The molecule has 166 valence electrons. The fraction of sp³-hybridized carbons (Fsp3) is 0.0435. The molecule has 5 nitrogen and oxygen atoms in total. The SMILES string of the molecule is O=S(=O)(O)C(F)(F)F.c1ccc(N(Nc2cccc3ccccc23)c2ccccc2)cc1. The van der Waals surface area contributed by atoms with Crippen molar-refractivity contribution in [3.05, 3.63) is 103 Å². The maximum absolute atomic E-state index is 10.7. The summed E-state index contributed by atoms with van der Waals surface area (Å²) in [6, 6.07) is 35.4. The maximum atomic E-state index is 10.7. The molecule has 4 aromatic carbocycles. The first-order chi connectivity index (χ1) is 15.2. The average molecular weight is 460 g/mol. The maximum Gasteiger partial charge on any atom is 0.522 e. The Hall–Kier alpha value is -3.56. The molecule has 0 aliphatic carbocycles. The quantitative estimate of drug-likeness (QED) is 0.210. The molecular weight excluding hydrogens is 441 g/mol. The van der Waals surface area contributed by atoms with Crippen LogP contribution in [-0.2, 0) is 10.1 Å². The molecule has 0 radical (unpaired) electrons. The van der Waals surface area contributed by atoms with Crippen LogP contribution in [0.25, 0.3) is 10.8 Å². The lowest BCUT2D eigenvalue weighted by atomic mass is 10.1. The Bertz CT molecular complexity index is 1220. The van der Waals surface area contributed by atoms with Crippen LogP contribution in [-0.4, -0.2) is 18.5 Å². The van der Waals surface area contributed by atoms with Crippen LogP contribution in [0.2, 0.25) is 0 Å². The second kappa shape index (κ2) is 9.71. The van der Waals surface area contributed by atoms with Crippen molar-refractivity contribution < 1.29 is 26.1 Å². The van der Waals surface area contributed by atoms with Gasteiger partial charge in [-0.3, -0.25) is 15.0 Å². The summed E-state index contributed by atoms with van der Waals surface area (Å²) in [5.41, 5.74) is 1.33. The Balaban J connectivity index is 0.000000312. The third-order valence-corrected chi connectivity index (χ3v) is 4.93. The minimum Gasteiger partial charge on any atom is -0.293 e. The smallest absolute Gasteiger partial charge is 0.293 e. The number of anilines is 3. The van der Waals surface area contributed by atoms with Crippen molar-refractivity contribution in [2.45, 2.75) is 5.51 Å². The summed E-state index contributed by atoms with van der Waals surface area (Å²) in [6.07, 6.45) is 0. The minimum atomic E-state index is -5.84. The molecule has 0 saturated heterocycles. The molecule has 0 fully saturated rings. The first kappa shape index (κ1) is 23.1. The molecule has 0 spiro atoms. The van der Waals surface area contributed by atoms with E-state index >= 15 is 0 Å². The van der Waals surface area contributed by atoms with Crippen LogP contribution in [0.3, 0.4) is 0 Å². The number of hydrogen-bond donors (Lipinski definition) is 2. The molecule has 2 N–H and O–H groups in total. The van der Waals surface area contributed by atoms with Gasteiger partial charge in [-0.2, -0.15) is 21.6 Å². The summed E-state index contributed by atoms with van der Waals surface area (Å²) in [4.78, 5) is 0. The number of alkyl halides is 3. The van der Waals surface area contributed by atoms with Crippen LogP contribution in [0.4, 0.5) is 30.2 Å². The van der Waals surface area contributed by atoms with E-state index in [0.717, 1.165) is 17.1 Å². The van der Waals surface area contributed by atoms with E-state index < -0.39 is 15.6 Å². The number of fused-ring (bicyclic) bond motifs is 1. The lowest BCUT2D eigenvalue weighted by molar-refractivity contribution is -0.0510. The fourth-order valence-electron chi connectivity index (χ4n) is 2.88. The van der Waals surface area contributed by atoms with E-state index in [1.54, 1.807) is 0 Å². The van der Waals surface area contributed by atoms with E-state index in [9.17, 15) is 13.2 Å². The van der Waals surface area contributed by atoms with Gasteiger partial charge in [0.15, 0.2) is 0 Å². The van der Waals surface area contributed by atoms with Gasteiger partial charge in [0, 0.05) is 5.39 Å². The number of nitrogens with one attached hydrogen (secondary N) is 1. The lowest BCUT2D eigenvalue weighted by Gasteiger charge is -2.27. The van der Waals surface area contributed by atoms with Crippen LogP contribution in [0.5, 0.6) is 0 Å². The molecule has 9 heteroatoms.